The zero-order valence-corrected chi connectivity index (χ0v) is 17.0. The minimum absolute atomic E-state index is 0.0410. The van der Waals surface area contributed by atoms with Crippen molar-refractivity contribution in [2.24, 2.45) is 0 Å². The number of carbonyl (C=O) groups excluding carboxylic acids is 1. The van der Waals surface area contributed by atoms with Crippen molar-refractivity contribution >= 4 is 17.7 Å². The van der Waals surface area contributed by atoms with Crippen LogP contribution >= 0.6 is 11.8 Å². The number of nitrogens with one attached hydrogen (secondary N) is 1. The third-order valence-electron chi connectivity index (χ3n) is 4.20. The van der Waals surface area contributed by atoms with Gasteiger partial charge in [0.25, 0.3) is 0 Å². The molecule has 3 rings (SSSR count). The molecule has 0 aliphatic carbocycles. The Balaban J connectivity index is 1.46. The molecule has 0 atom stereocenters. The van der Waals surface area contributed by atoms with Crippen molar-refractivity contribution in [3.05, 3.63) is 71.8 Å². The maximum atomic E-state index is 13.0. The maximum absolute atomic E-state index is 13.0. The summed E-state index contributed by atoms with van der Waals surface area (Å²) in [6.07, 6.45) is 0.799. The molecule has 6 nitrogen and oxygen atoms in total. The van der Waals surface area contributed by atoms with E-state index in [0.29, 0.717) is 29.8 Å². The van der Waals surface area contributed by atoms with E-state index >= 15 is 0 Å². The molecule has 3 aromatic rings. The van der Waals surface area contributed by atoms with Gasteiger partial charge in [-0.3, -0.25) is 4.79 Å². The number of carbonyl (C=O) groups is 1. The first-order valence-corrected chi connectivity index (χ1v) is 10.4. The third kappa shape index (κ3) is 6.32. The van der Waals surface area contributed by atoms with Crippen molar-refractivity contribution in [3.8, 4) is 5.75 Å². The average Bonchev–Trinajstić information content (AvgIpc) is 3.14. The smallest absolute Gasteiger partial charge is 0.230 e. The Labute approximate surface area is 173 Å². The van der Waals surface area contributed by atoms with E-state index in [1.54, 1.807) is 12.1 Å². The first-order chi connectivity index (χ1) is 14.2. The summed E-state index contributed by atoms with van der Waals surface area (Å²) in [4.78, 5) is 12.1. The van der Waals surface area contributed by atoms with E-state index in [4.69, 9.17) is 4.74 Å². The van der Waals surface area contributed by atoms with Gasteiger partial charge in [0.2, 0.25) is 5.91 Å². The molecule has 152 valence electrons. The quantitative estimate of drug-likeness (QED) is 0.515. The van der Waals surface area contributed by atoms with Crippen LogP contribution in [0.4, 0.5) is 4.39 Å². The Morgan fingerprint density at radius 3 is 2.62 bits per heavy atom. The Morgan fingerprint density at radius 1 is 1.14 bits per heavy atom. The summed E-state index contributed by atoms with van der Waals surface area (Å²) in [7, 11) is 0. The minimum atomic E-state index is -0.310. The number of aromatic nitrogens is 3. The van der Waals surface area contributed by atoms with Gasteiger partial charge in [-0.2, -0.15) is 0 Å². The second-order valence-electron chi connectivity index (χ2n) is 6.26. The van der Waals surface area contributed by atoms with Crippen molar-refractivity contribution < 1.29 is 13.9 Å². The number of thioether (sulfide) groups is 1. The lowest BCUT2D eigenvalue weighted by atomic mass is 10.1. The number of rotatable bonds is 10. The van der Waals surface area contributed by atoms with Crippen LogP contribution in [0.1, 0.15) is 18.3 Å². The van der Waals surface area contributed by atoms with E-state index in [1.165, 1.54) is 29.5 Å². The van der Waals surface area contributed by atoms with Gasteiger partial charge in [-0.1, -0.05) is 42.1 Å². The fraction of sp³-hybridized carbons (Fsp3) is 0.286. The summed E-state index contributed by atoms with van der Waals surface area (Å²) in [5, 5.41) is 11.9. The highest BCUT2D eigenvalue weighted by Gasteiger charge is 2.13. The normalized spacial score (nSPS) is 10.7. The summed E-state index contributed by atoms with van der Waals surface area (Å²) in [5.74, 6) is 1.13. The van der Waals surface area contributed by atoms with Crippen LogP contribution in [0.3, 0.4) is 0 Å². The van der Waals surface area contributed by atoms with E-state index in [1.807, 2.05) is 41.8 Å². The molecule has 0 spiro atoms. The Morgan fingerprint density at radius 2 is 1.90 bits per heavy atom. The highest BCUT2D eigenvalue weighted by Crippen LogP contribution is 2.18. The van der Waals surface area contributed by atoms with E-state index in [9.17, 15) is 9.18 Å². The van der Waals surface area contributed by atoms with Crippen LogP contribution < -0.4 is 10.1 Å². The molecule has 0 saturated carbocycles. The summed E-state index contributed by atoms with van der Waals surface area (Å²) in [5.41, 5.74) is 1.19. The minimum Gasteiger partial charge on any atom is -0.486 e. The first-order valence-electron chi connectivity index (χ1n) is 9.39. The third-order valence-corrected chi connectivity index (χ3v) is 5.17. The average molecular weight is 415 g/mol. The standard InChI is InChI=1S/C21H23FN4O2S/c1-2-26-19(14-28-18-10-8-17(22)9-11-18)24-25-21(26)29-15-20(27)23-13-12-16-6-4-3-5-7-16/h3-11H,2,12-15H2,1H3,(H,23,27). The monoisotopic (exact) mass is 414 g/mol. The van der Waals surface area contributed by atoms with Crippen LogP contribution in [0.25, 0.3) is 0 Å². The molecule has 0 bridgehead atoms. The number of nitrogens with zero attached hydrogens (tertiary/aromatic N) is 3. The fourth-order valence-corrected chi connectivity index (χ4v) is 3.55. The molecule has 0 saturated heterocycles. The zero-order chi connectivity index (χ0) is 20.5. The van der Waals surface area contributed by atoms with Gasteiger partial charge in [0.05, 0.1) is 5.75 Å². The van der Waals surface area contributed by atoms with E-state index < -0.39 is 0 Å². The number of amides is 1. The largest absolute Gasteiger partial charge is 0.486 e. The number of ether oxygens (including phenoxy) is 1. The van der Waals surface area contributed by atoms with Gasteiger partial charge in [0, 0.05) is 13.1 Å². The van der Waals surface area contributed by atoms with Crippen molar-refractivity contribution in [2.75, 3.05) is 12.3 Å². The molecule has 0 radical (unpaired) electrons. The Bertz CT molecular complexity index is 916. The highest BCUT2D eigenvalue weighted by atomic mass is 32.2. The van der Waals surface area contributed by atoms with Crippen LogP contribution in [0.2, 0.25) is 0 Å². The predicted octanol–water partition coefficient (Wildman–Crippen LogP) is 3.47. The SMILES string of the molecule is CCn1c(COc2ccc(F)cc2)nnc1SCC(=O)NCCc1ccccc1. The van der Waals surface area contributed by atoms with E-state index in [2.05, 4.69) is 15.5 Å². The first kappa shape index (κ1) is 20.9. The molecule has 0 unspecified atom stereocenters. The number of benzene rings is 2. The van der Waals surface area contributed by atoms with Gasteiger partial charge < -0.3 is 14.6 Å². The summed E-state index contributed by atoms with van der Waals surface area (Å²) in [6.45, 7) is 3.46. The second-order valence-corrected chi connectivity index (χ2v) is 7.20. The molecule has 0 aliphatic heterocycles. The lowest BCUT2D eigenvalue weighted by Gasteiger charge is -2.09. The molecule has 8 heteroatoms. The van der Waals surface area contributed by atoms with Gasteiger partial charge in [-0.25, -0.2) is 4.39 Å². The predicted molar refractivity (Wildman–Crippen MR) is 110 cm³/mol. The number of hydrogen-bond donors (Lipinski definition) is 1. The topological polar surface area (TPSA) is 69.0 Å². The van der Waals surface area contributed by atoms with Crippen LogP contribution in [0.5, 0.6) is 5.75 Å². The van der Waals surface area contributed by atoms with Gasteiger partial charge >= 0.3 is 0 Å². The highest BCUT2D eigenvalue weighted by molar-refractivity contribution is 7.99. The molecular weight excluding hydrogens is 391 g/mol. The zero-order valence-electron chi connectivity index (χ0n) is 16.2. The van der Waals surface area contributed by atoms with Gasteiger partial charge in [-0.05, 0) is 43.2 Å². The molecule has 2 aromatic carbocycles. The van der Waals surface area contributed by atoms with Crippen molar-refractivity contribution in [1.82, 2.24) is 20.1 Å². The summed E-state index contributed by atoms with van der Waals surface area (Å²) in [6, 6.07) is 15.9. The lowest BCUT2D eigenvalue weighted by Crippen LogP contribution is -2.27. The molecule has 1 aromatic heterocycles. The Hall–Kier alpha value is -2.87. The summed E-state index contributed by atoms with van der Waals surface area (Å²) < 4.78 is 20.5. The molecule has 0 aliphatic rings. The fourth-order valence-electron chi connectivity index (χ4n) is 2.70. The number of hydrogen-bond acceptors (Lipinski definition) is 5. The molecule has 1 amide bonds. The summed E-state index contributed by atoms with van der Waals surface area (Å²) >= 11 is 1.34. The molecular formula is C21H23FN4O2S. The lowest BCUT2D eigenvalue weighted by molar-refractivity contribution is -0.118. The van der Waals surface area contributed by atoms with Crippen molar-refractivity contribution in [3.63, 3.8) is 0 Å². The van der Waals surface area contributed by atoms with E-state index in [0.717, 1.165) is 6.42 Å². The van der Waals surface area contributed by atoms with Crippen LogP contribution in [-0.4, -0.2) is 33.0 Å². The molecule has 29 heavy (non-hydrogen) atoms. The van der Waals surface area contributed by atoms with Crippen molar-refractivity contribution in [2.45, 2.75) is 31.7 Å². The van der Waals surface area contributed by atoms with Gasteiger partial charge in [0.1, 0.15) is 18.2 Å². The maximum Gasteiger partial charge on any atom is 0.230 e. The van der Waals surface area contributed by atoms with E-state index in [-0.39, 0.29) is 24.1 Å². The van der Waals surface area contributed by atoms with Crippen molar-refractivity contribution in [1.29, 1.82) is 0 Å². The number of halogens is 1. The van der Waals surface area contributed by atoms with Crippen LogP contribution in [0.15, 0.2) is 59.8 Å². The second kappa shape index (κ2) is 10.6. The molecule has 1 N–H and O–H groups in total. The molecule has 0 fully saturated rings. The van der Waals surface area contributed by atoms with Gasteiger partial charge in [0.15, 0.2) is 11.0 Å². The van der Waals surface area contributed by atoms with Crippen LogP contribution in [0, 0.1) is 5.82 Å². The van der Waals surface area contributed by atoms with Gasteiger partial charge in [-0.15, -0.1) is 10.2 Å². The van der Waals surface area contributed by atoms with Crippen LogP contribution in [-0.2, 0) is 24.4 Å². The Kier molecular flexibility index (Phi) is 7.63. The molecule has 1 heterocycles.